The second-order valence-corrected chi connectivity index (χ2v) is 9.58. The summed E-state index contributed by atoms with van der Waals surface area (Å²) in [7, 11) is 1.60. The number of ether oxygens (including phenoxy) is 1. The molecule has 8 heteroatoms. The molecule has 0 aliphatic heterocycles. The fourth-order valence-corrected chi connectivity index (χ4v) is 4.93. The van der Waals surface area contributed by atoms with E-state index < -0.39 is 5.92 Å². The van der Waals surface area contributed by atoms with Gasteiger partial charge in [-0.1, -0.05) is 37.1 Å². The fraction of sp³-hybridized carbons (Fsp3) is 0.310. The molecule has 1 aliphatic carbocycles. The van der Waals surface area contributed by atoms with E-state index in [1.165, 1.54) is 6.07 Å². The lowest BCUT2D eigenvalue weighted by Gasteiger charge is -2.18. The highest BCUT2D eigenvalue weighted by Crippen LogP contribution is 2.32. The lowest BCUT2D eigenvalue weighted by Crippen LogP contribution is -2.32. The van der Waals surface area contributed by atoms with E-state index in [0.29, 0.717) is 22.6 Å². The summed E-state index contributed by atoms with van der Waals surface area (Å²) in [6.45, 7) is 1.09. The molecule has 6 nitrogen and oxygen atoms in total. The maximum Gasteiger partial charge on any atom is 0.270 e. The van der Waals surface area contributed by atoms with E-state index in [4.69, 9.17) is 9.72 Å². The first-order valence-electron chi connectivity index (χ1n) is 12.5. The van der Waals surface area contributed by atoms with Gasteiger partial charge in [0.15, 0.2) is 0 Å². The van der Waals surface area contributed by atoms with Crippen LogP contribution in [-0.2, 0) is 12.5 Å². The Morgan fingerprint density at radius 2 is 1.81 bits per heavy atom. The molecule has 4 aromatic rings. The van der Waals surface area contributed by atoms with Crippen LogP contribution >= 0.6 is 0 Å². The van der Waals surface area contributed by atoms with E-state index in [1.54, 1.807) is 37.4 Å². The van der Waals surface area contributed by atoms with E-state index >= 15 is 0 Å². The van der Waals surface area contributed by atoms with Gasteiger partial charge < -0.3 is 19.9 Å². The summed E-state index contributed by atoms with van der Waals surface area (Å²) in [5.74, 6) is -1.90. The van der Waals surface area contributed by atoms with Crippen molar-refractivity contribution in [3.8, 4) is 5.75 Å². The van der Waals surface area contributed by atoms with Crippen molar-refractivity contribution in [2.75, 3.05) is 12.4 Å². The predicted octanol–water partition coefficient (Wildman–Crippen LogP) is 6.62. The number of benzene rings is 3. The largest absolute Gasteiger partial charge is 0.497 e. The van der Waals surface area contributed by atoms with Crippen molar-refractivity contribution in [3.63, 3.8) is 0 Å². The quantitative estimate of drug-likeness (QED) is 0.283. The molecule has 0 atom stereocenters. The summed E-state index contributed by atoms with van der Waals surface area (Å²) >= 11 is 0. The number of anilines is 2. The van der Waals surface area contributed by atoms with Gasteiger partial charge in [0.25, 0.3) is 11.8 Å². The predicted molar refractivity (Wildman–Crippen MR) is 141 cm³/mol. The van der Waals surface area contributed by atoms with E-state index in [0.717, 1.165) is 49.6 Å². The van der Waals surface area contributed by atoms with Gasteiger partial charge in [-0.05, 0) is 60.9 Å². The standard InChI is InChI=1S/C29H30F2N4O2/c1-29(30,31)24-10-6-3-7-20(24)18-35-26-16-11-19(27(36)32-21-8-4-5-9-21)17-25(26)34-28(35)33-22-12-14-23(37-2)15-13-22/h3,6-7,10-17,21H,4-5,8-9,18H2,1-2H3,(H,32,36)(H,33,34). The van der Waals surface area contributed by atoms with Gasteiger partial charge >= 0.3 is 0 Å². The molecule has 192 valence electrons. The molecule has 1 amide bonds. The molecule has 37 heavy (non-hydrogen) atoms. The van der Waals surface area contributed by atoms with E-state index in [9.17, 15) is 13.6 Å². The van der Waals surface area contributed by atoms with Crippen LogP contribution in [0, 0.1) is 0 Å². The van der Waals surface area contributed by atoms with Crippen LogP contribution < -0.4 is 15.4 Å². The third-order valence-electron chi connectivity index (χ3n) is 6.87. The third-order valence-corrected chi connectivity index (χ3v) is 6.87. The summed E-state index contributed by atoms with van der Waals surface area (Å²) in [6, 6.07) is 19.5. The fourth-order valence-electron chi connectivity index (χ4n) is 4.93. The second-order valence-electron chi connectivity index (χ2n) is 9.58. The normalized spacial score (nSPS) is 14.2. The van der Waals surface area contributed by atoms with Crippen molar-refractivity contribution < 1.29 is 18.3 Å². The van der Waals surface area contributed by atoms with Gasteiger partial charge in [0.1, 0.15) is 5.75 Å². The van der Waals surface area contributed by atoms with Crippen molar-refractivity contribution in [1.29, 1.82) is 0 Å². The number of amides is 1. The molecule has 1 aliphatic rings. The first kappa shape index (κ1) is 24.7. The average molecular weight is 505 g/mol. The molecule has 2 N–H and O–H groups in total. The highest BCUT2D eigenvalue weighted by atomic mass is 19.3. The van der Waals surface area contributed by atoms with Crippen LogP contribution in [0.5, 0.6) is 5.75 Å². The summed E-state index contributed by atoms with van der Waals surface area (Å²) in [6.07, 6.45) is 4.26. The Kier molecular flexibility index (Phi) is 6.82. The van der Waals surface area contributed by atoms with Gasteiger partial charge in [0, 0.05) is 29.8 Å². The smallest absolute Gasteiger partial charge is 0.270 e. The van der Waals surface area contributed by atoms with Gasteiger partial charge in [-0.15, -0.1) is 0 Å². The molecule has 0 bridgehead atoms. The van der Waals surface area contributed by atoms with Gasteiger partial charge in [-0.2, -0.15) is 0 Å². The second kappa shape index (κ2) is 10.2. The summed E-state index contributed by atoms with van der Waals surface area (Å²) < 4.78 is 35.9. The van der Waals surface area contributed by atoms with Crippen LogP contribution in [-0.4, -0.2) is 28.6 Å². The van der Waals surface area contributed by atoms with Crippen LogP contribution in [0.25, 0.3) is 11.0 Å². The van der Waals surface area contributed by atoms with Gasteiger partial charge in [0.05, 0.1) is 24.7 Å². The van der Waals surface area contributed by atoms with E-state index in [1.807, 2.05) is 34.9 Å². The summed E-state index contributed by atoms with van der Waals surface area (Å²) in [5, 5.41) is 6.42. The Morgan fingerprint density at radius 3 is 2.51 bits per heavy atom. The summed E-state index contributed by atoms with van der Waals surface area (Å²) in [5.41, 5.74) is 3.11. The highest BCUT2D eigenvalue weighted by Gasteiger charge is 2.28. The van der Waals surface area contributed by atoms with Gasteiger partial charge in [-0.25, -0.2) is 13.8 Å². The Labute approximate surface area is 214 Å². The number of carbonyl (C=O) groups excluding carboxylic acids is 1. The molecule has 0 radical (unpaired) electrons. The number of fused-ring (bicyclic) bond motifs is 1. The molecule has 5 rings (SSSR count). The maximum absolute atomic E-state index is 14.4. The highest BCUT2D eigenvalue weighted by molar-refractivity contribution is 5.98. The average Bonchev–Trinajstić information content (AvgIpc) is 3.51. The Bertz CT molecular complexity index is 1400. The van der Waals surface area contributed by atoms with E-state index in [-0.39, 0.29) is 24.1 Å². The monoisotopic (exact) mass is 504 g/mol. The van der Waals surface area contributed by atoms with Crippen molar-refractivity contribution in [1.82, 2.24) is 14.9 Å². The lowest BCUT2D eigenvalue weighted by molar-refractivity contribution is 0.0165. The number of halogens is 2. The number of nitrogens with one attached hydrogen (secondary N) is 2. The minimum absolute atomic E-state index is 0.0280. The minimum atomic E-state index is -2.98. The van der Waals surface area contributed by atoms with Crippen LogP contribution in [0.15, 0.2) is 66.7 Å². The van der Waals surface area contributed by atoms with Gasteiger partial charge in [0.2, 0.25) is 5.95 Å². The van der Waals surface area contributed by atoms with Crippen LogP contribution in [0.1, 0.15) is 54.1 Å². The summed E-state index contributed by atoms with van der Waals surface area (Å²) in [4.78, 5) is 17.6. The number of nitrogens with zero attached hydrogens (tertiary/aromatic N) is 2. The molecule has 1 heterocycles. The number of aromatic nitrogens is 2. The zero-order chi connectivity index (χ0) is 26.0. The number of hydrogen-bond acceptors (Lipinski definition) is 4. The number of imidazole rings is 1. The molecular weight excluding hydrogens is 474 g/mol. The Morgan fingerprint density at radius 1 is 1.08 bits per heavy atom. The van der Waals surface area contributed by atoms with Crippen LogP contribution in [0.4, 0.5) is 20.4 Å². The maximum atomic E-state index is 14.4. The lowest BCUT2D eigenvalue weighted by atomic mass is 10.0. The molecule has 0 saturated heterocycles. The van der Waals surface area contributed by atoms with Crippen molar-refractivity contribution in [3.05, 3.63) is 83.4 Å². The minimum Gasteiger partial charge on any atom is -0.497 e. The van der Waals surface area contributed by atoms with Crippen molar-refractivity contribution in [2.45, 2.75) is 51.1 Å². The van der Waals surface area contributed by atoms with Gasteiger partial charge in [-0.3, -0.25) is 4.79 Å². The first-order valence-corrected chi connectivity index (χ1v) is 12.5. The number of methoxy groups -OCH3 is 1. The zero-order valence-corrected chi connectivity index (χ0v) is 20.9. The first-order chi connectivity index (χ1) is 17.8. The molecule has 0 unspecified atom stereocenters. The van der Waals surface area contributed by atoms with Crippen molar-refractivity contribution in [2.24, 2.45) is 0 Å². The molecule has 1 aromatic heterocycles. The molecule has 1 saturated carbocycles. The van der Waals surface area contributed by atoms with Crippen molar-refractivity contribution >= 4 is 28.6 Å². The molecular formula is C29H30F2N4O2. The van der Waals surface area contributed by atoms with E-state index in [2.05, 4.69) is 10.6 Å². The number of rotatable bonds is 8. The number of carbonyl (C=O) groups is 1. The Balaban J connectivity index is 1.53. The topological polar surface area (TPSA) is 68.2 Å². The molecule has 3 aromatic carbocycles. The third kappa shape index (κ3) is 5.43. The Hall–Kier alpha value is -3.94. The van der Waals surface area contributed by atoms with Crippen LogP contribution in [0.3, 0.4) is 0 Å². The number of alkyl halides is 2. The SMILES string of the molecule is COc1ccc(Nc2nc3cc(C(=O)NC4CCCC4)ccc3n2Cc2ccccc2C(C)(F)F)cc1. The number of hydrogen-bond donors (Lipinski definition) is 2. The molecule has 1 fully saturated rings. The van der Waals surface area contributed by atoms with Crippen LogP contribution in [0.2, 0.25) is 0 Å². The molecule has 0 spiro atoms. The zero-order valence-electron chi connectivity index (χ0n) is 20.9.